The molecule has 1 amide bonds. The first-order chi connectivity index (χ1) is 9.89. The van der Waals surface area contributed by atoms with E-state index >= 15 is 0 Å². The largest absolute Gasteiger partial charge is 0.391 e. The molecule has 1 unspecified atom stereocenters. The maximum absolute atomic E-state index is 12.3. The molecule has 21 heavy (non-hydrogen) atoms. The molecule has 6 nitrogen and oxygen atoms in total. The molecule has 2 N–H and O–H groups in total. The zero-order valence-electron chi connectivity index (χ0n) is 12.4. The number of nitrogens with one attached hydrogen (secondary N) is 1. The van der Waals surface area contributed by atoms with E-state index in [9.17, 15) is 9.90 Å². The van der Waals surface area contributed by atoms with E-state index in [0.29, 0.717) is 11.4 Å². The fourth-order valence-electron chi connectivity index (χ4n) is 1.74. The van der Waals surface area contributed by atoms with E-state index in [1.807, 2.05) is 20.8 Å². The monoisotopic (exact) mass is 288 g/mol. The van der Waals surface area contributed by atoms with Crippen molar-refractivity contribution in [2.45, 2.75) is 26.9 Å². The van der Waals surface area contributed by atoms with Crippen molar-refractivity contribution in [3.63, 3.8) is 0 Å². The summed E-state index contributed by atoms with van der Waals surface area (Å²) in [5.74, 6) is 0.183. The van der Waals surface area contributed by atoms with Gasteiger partial charge in [-0.3, -0.25) is 4.79 Å². The van der Waals surface area contributed by atoms with Crippen molar-refractivity contribution >= 4 is 5.91 Å². The van der Waals surface area contributed by atoms with E-state index in [4.69, 9.17) is 0 Å². The van der Waals surface area contributed by atoms with Crippen LogP contribution in [0.2, 0.25) is 0 Å². The summed E-state index contributed by atoms with van der Waals surface area (Å²) in [5, 5.41) is 16.8. The Kier molecular flexibility index (Phi) is 4.37. The summed E-state index contributed by atoms with van der Waals surface area (Å²) >= 11 is 0. The topological polar surface area (TPSA) is 80.0 Å². The number of nitrogens with zero attached hydrogens (tertiary/aromatic N) is 3. The van der Waals surface area contributed by atoms with Gasteiger partial charge in [-0.15, -0.1) is 0 Å². The molecule has 0 bridgehead atoms. The summed E-state index contributed by atoms with van der Waals surface area (Å²) < 4.78 is 1.54. The first-order valence-electron chi connectivity index (χ1n) is 6.81. The van der Waals surface area contributed by atoms with Gasteiger partial charge < -0.3 is 10.4 Å². The maximum Gasteiger partial charge on any atom is 0.255 e. The molecule has 2 aromatic rings. The molecule has 0 aliphatic rings. The summed E-state index contributed by atoms with van der Waals surface area (Å²) in [5.41, 5.74) is 0.134. The molecule has 0 aliphatic heterocycles. The Morgan fingerprint density at radius 2 is 2.14 bits per heavy atom. The van der Waals surface area contributed by atoms with E-state index < -0.39 is 6.10 Å². The van der Waals surface area contributed by atoms with E-state index in [-0.39, 0.29) is 17.9 Å². The molecule has 0 radical (unpaired) electrons. The number of hydrogen-bond acceptors (Lipinski definition) is 4. The lowest BCUT2D eigenvalue weighted by Crippen LogP contribution is -2.39. The van der Waals surface area contributed by atoms with Crippen molar-refractivity contribution in [2.24, 2.45) is 5.41 Å². The minimum atomic E-state index is -0.619. The highest BCUT2D eigenvalue weighted by Gasteiger charge is 2.23. The lowest BCUT2D eigenvalue weighted by atomic mass is 9.89. The number of aliphatic hydroxyl groups is 1. The number of rotatable bonds is 4. The molecule has 0 saturated heterocycles. The molecular formula is C15H20N4O2. The average Bonchev–Trinajstić information content (AvgIpc) is 2.97. The molecule has 0 aliphatic carbocycles. The number of amides is 1. The quantitative estimate of drug-likeness (QED) is 0.891. The average molecular weight is 288 g/mol. The number of aliphatic hydroxyl groups excluding tert-OH is 1. The molecule has 1 atom stereocenters. The van der Waals surface area contributed by atoms with Crippen LogP contribution in [0.1, 0.15) is 31.1 Å². The van der Waals surface area contributed by atoms with E-state index in [2.05, 4.69) is 15.4 Å². The van der Waals surface area contributed by atoms with Crippen LogP contribution in [-0.2, 0) is 0 Å². The van der Waals surface area contributed by atoms with Crippen LogP contribution in [0, 0.1) is 5.41 Å². The van der Waals surface area contributed by atoms with E-state index in [1.54, 1.807) is 36.8 Å². The van der Waals surface area contributed by atoms with Gasteiger partial charge in [0.05, 0.1) is 11.7 Å². The maximum atomic E-state index is 12.3. The number of pyridine rings is 1. The van der Waals surface area contributed by atoms with Crippen molar-refractivity contribution in [2.75, 3.05) is 6.54 Å². The van der Waals surface area contributed by atoms with E-state index in [1.165, 1.54) is 4.68 Å². The fourth-order valence-corrected chi connectivity index (χ4v) is 1.74. The molecule has 2 rings (SSSR count). The van der Waals surface area contributed by atoms with Crippen molar-refractivity contribution in [3.05, 3.63) is 42.4 Å². The molecular weight excluding hydrogens is 268 g/mol. The van der Waals surface area contributed by atoms with Gasteiger partial charge in [-0.2, -0.15) is 5.10 Å². The Morgan fingerprint density at radius 3 is 2.76 bits per heavy atom. The highest BCUT2D eigenvalue weighted by Crippen LogP contribution is 2.18. The molecule has 6 heteroatoms. The van der Waals surface area contributed by atoms with Gasteiger partial charge >= 0.3 is 0 Å². The predicted octanol–water partition coefficient (Wildman–Crippen LogP) is 1.40. The van der Waals surface area contributed by atoms with Crippen LogP contribution in [0.5, 0.6) is 0 Å². The van der Waals surface area contributed by atoms with Gasteiger partial charge in [0.2, 0.25) is 0 Å². The van der Waals surface area contributed by atoms with Crippen molar-refractivity contribution in [1.82, 2.24) is 20.1 Å². The fraction of sp³-hybridized carbons (Fsp3) is 0.400. The minimum Gasteiger partial charge on any atom is -0.391 e. The summed E-state index contributed by atoms with van der Waals surface area (Å²) in [6, 6.07) is 5.14. The standard InChI is InChI=1S/C15H20N4O2/c1-15(2,3)12(20)10-17-14(21)11-6-4-7-16-13(11)19-9-5-8-18-19/h4-9,12,20H,10H2,1-3H3,(H,17,21). The highest BCUT2D eigenvalue weighted by molar-refractivity contribution is 5.97. The minimum absolute atomic E-state index is 0.190. The molecule has 0 spiro atoms. The summed E-state index contributed by atoms with van der Waals surface area (Å²) in [4.78, 5) is 16.5. The second-order valence-electron chi connectivity index (χ2n) is 5.92. The summed E-state index contributed by atoms with van der Waals surface area (Å²) in [7, 11) is 0. The number of carbonyl (C=O) groups excluding carboxylic acids is 1. The first kappa shape index (κ1) is 15.2. The second kappa shape index (κ2) is 6.05. The molecule has 2 aromatic heterocycles. The van der Waals surface area contributed by atoms with Crippen molar-refractivity contribution in [3.8, 4) is 5.82 Å². The molecule has 0 saturated carbocycles. The summed E-state index contributed by atoms with van der Waals surface area (Å²) in [6.07, 6.45) is 4.34. The lowest BCUT2D eigenvalue weighted by Gasteiger charge is -2.26. The zero-order valence-corrected chi connectivity index (χ0v) is 12.4. The first-order valence-corrected chi connectivity index (χ1v) is 6.81. The normalized spacial score (nSPS) is 13.0. The Morgan fingerprint density at radius 1 is 1.38 bits per heavy atom. The SMILES string of the molecule is CC(C)(C)C(O)CNC(=O)c1cccnc1-n1cccn1. The van der Waals surface area contributed by atoms with Crippen LogP contribution in [0.4, 0.5) is 0 Å². The molecule has 0 aromatic carbocycles. The smallest absolute Gasteiger partial charge is 0.255 e. The number of hydrogen-bond donors (Lipinski definition) is 2. The Balaban J connectivity index is 2.14. The molecule has 2 heterocycles. The number of carbonyl (C=O) groups is 1. The van der Waals surface area contributed by atoms with Gasteiger partial charge in [0.15, 0.2) is 5.82 Å². The predicted molar refractivity (Wildman–Crippen MR) is 79.2 cm³/mol. The summed E-state index contributed by atoms with van der Waals surface area (Å²) in [6.45, 7) is 5.95. The van der Waals surface area contributed by atoms with Crippen LogP contribution in [-0.4, -0.2) is 38.4 Å². The van der Waals surface area contributed by atoms with Crippen LogP contribution in [0.15, 0.2) is 36.8 Å². The van der Waals surface area contributed by atoms with Crippen LogP contribution >= 0.6 is 0 Å². The van der Waals surface area contributed by atoms with Crippen molar-refractivity contribution < 1.29 is 9.90 Å². The van der Waals surface area contributed by atoms with Crippen LogP contribution in [0.25, 0.3) is 5.82 Å². The van der Waals surface area contributed by atoms with Crippen LogP contribution < -0.4 is 5.32 Å². The van der Waals surface area contributed by atoms with Gasteiger partial charge in [0.25, 0.3) is 5.91 Å². The third-order valence-corrected chi connectivity index (χ3v) is 3.21. The highest BCUT2D eigenvalue weighted by atomic mass is 16.3. The van der Waals surface area contributed by atoms with Gasteiger partial charge in [0.1, 0.15) is 0 Å². The van der Waals surface area contributed by atoms with Gasteiger partial charge in [-0.1, -0.05) is 20.8 Å². The molecule has 0 fully saturated rings. The van der Waals surface area contributed by atoms with Gasteiger partial charge in [-0.05, 0) is 23.6 Å². The Hall–Kier alpha value is -2.21. The zero-order chi connectivity index (χ0) is 15.5. The second-order valence-corrected chi connectivity index (χ2v) is 5.92. The van der Waals surface area contributed by atoms with Crippen LogP contribution in [0.3, 0.4) is 0 Å². The van der Waals surface area contributed by atoms with E-state index in [0.717, 1.165) is 0 Å². The Bertz CT molecular complexity index is 602. The third-order valence-electron chi connectivity index (χ3n) is 3.21. The van der Waals surface area contributed by atoms with Gasteiger partial charge in [0, 0.05) is 25.1 Å². The van der Waals surface area contributed by atoms with Gasteiger partial charge in [-0.25, -0.2) is 9.67 Å². The number of aromatic nitrogens is 3. The third kappa shape index (κ3) is 3.66. The lowest BCUT2D eigenvalue weighted by molar-refractivity contribution is 0.0586. The Labute approximate surface area is 123 Å². The van der Waals surface area contributed by atoms with Crippen molar-refractivity contribution in [1.29, 1.82) is 0 Å². The molecule has 112 valence electrons.